The summed E-state index contributed by atoms with van der Waals surface area (Å²) in [6, 6.07) is 0.769. The van der Waals surface area contributed by atoms with E-state index in [1.165, 1.54) is 38.5 Å². The zero-order valence-electron chi connectivity index (χ0n) is 17.0. The van der Waals surface area contributed by atoms with Gasteiger partial charge >= 0.3 is 0 Å². The summed E-state index contributed by atoms with van der Waals surface area (Å²) in [7, 11) is 0. The predicted molar refractivity (Wildman–Crippen MR) is 122 cm³/mol. The Morgan fingerprint density at radius 3 is 1.38 bits per heavy atom. The first kappa shape index (κ1) is 23.6. The topological polar surface area (TPSA) is 106 Å². The summed E-state index contributed by atoms with van der Waals surface area (Å²) < 4.78 is 0. The third kappa shape index (κ3) is 10.6. The standard InChI is InChI=1S/C19H34N6O2S2/c26-16(22-24-18(28)20-14-8-3-1-4-9-14)12-7-13-17(27)23-25-19(29)21-15-10-5-2-6-11-15/h14-15H,1-13H2,(H,22,26)(H,23,27)(H2,20,24,28)(H2,21,25,29). The smallest absolute Gasteiger partial charge is 0.238 e. The molecule has 0 aromatic rings. The van der Waals surface area contributed by atoms with Gasteiger partial charge in [0, 0.05) is 24.9 Å². The Kier molecular flexibility index (Phi) is 11.0. The molecule has 0 spiro atoms. The van der Waals surface area contributed by atoms with Crippen LogP contribution in [0.15, 0.2) is 0 Å². The van der Waals surface area contributed by atoms with E-state index in [9.17, 15) is 9.59 Å². The molecule has 2 amide bonds. The van der Waals surface area contributed by atoms with E-state index in [1.807, 2.05) is 0 Å². The van der Waals surface area contributed by atoms with Crippen molar-refractivity contribution in [1.29, 1.82) is 0 Å². The van der Waals surface area contributed by atoms with Gasteiger partial charge in [-0.1, -0.05) is 38.5 Å². The molecule has 0 saturated heterocycles. The highest BCUT2D eigenvalue weighted by Gasteiger charge is 2.15. The highest BCUT2D eigenvalue weighted by Crippen LogP contribution is 2.17. The second kappa shape index (κ2) is 13.5. The van der Waals surface area contributed by atoms with Gasteiger partial charge in [-0.3, -0.25) is 31.3 Å². The lowest BCUT2D eigenvalue weighted by molar-refractivity contribution is -0.123. The molecule has 0 aliphatic heterocycles. The Labute approximate surface area is 184 Å². The largest absolute Gasteiger partial charge is 0.359 e. The van der Waals surface area contributed by atoms with Crippen LogP contribution in [0.4, 0.5) is 0 Å². The molecule has 2 fully saturated rings. The molecule has 2 aliphatic rings. The summed E-state index contributed by atoms with van der Waals surface area (Å²) in [5.41, 5.74) is 10.6. The third-order valence-electron chi connectivity index (χ3n) is 5.32. The summed E-state index contributed by atoms with van der Waals surface area (Å²) in [6.45, 7) is 0. The summed E-state index contributed by atoms with van der Waals surface area (Å²) in [5, 5.41) is 7.31. The van der Waals surface area contributed by atoms with E-state index >= 15 is 0 Å². The maximum absolute atomic E-state index is 11.9. The van der Waals surface area contributed by atoms with Gasteiger partial charge in [0.05, 0.1) is 0 Å². The van der Waals surface area contributed by atoms with Crippen molar-refractivity contribution in [2.75, 3.05) is 0 Å². The molecule has 0 radical (unpaired) electrons. The second-order valence-corrected chi connectivity index (χ2v) is 8.63. The van der Waals surface area contributed by atoms with Crippen LogP contribution in [0.3, 0.4) is 0 Å². The molecule has 29 heavy (non-hydrogen) atoms. The molecule has 8 nitrogen and oxygen atoms in total. The van der Waals surface area contributed by atoms with Crippen molar-refractivity contribution in [1.82, 2.24) is 32.3 Å². The summed E-state index contributed by atoms with van der Waals surface area (Å²) >= 11 is 10.4. The fraction of sp³-hybridized carbons (Fsp3) is 0.789. The molecule has 0 aromatic carbocycles. The molecule has 2 rings (SSSR count). The zero-order chi connectivity index (χ0) is 20.9. The Morgan fingerprint density at radius 2 is 1.00 bits per heavy atom. The molecule has 0 heterocycles. The number of thiocarbonyl (C=S) groups is 2. The van der Waals surface area contributed by atoms with Crippen LogP contribution in [-0.4, -0.2) is 34.1 Å². The van der Waals surface area contributed by atoms with Crippen molar-refractivity contribution in [2.45, 2.75) is 95.6 Å². The average Bonchev–Trinajstić information content (AvgIpc) is 2.72. The van der Waals surface area contributed by atoms with E-state index in [-0.39, 0.29) is 24.7 Å². The number of nitrogens with one attached hydrogen (secondary N) is 6. The van der Waals surface area contributed by atoms with Gasteiger partial charge in [0.15, 0.2) is 10.2 Å². The highest BCUT2D eigenvalue weighted by atomic mass is 32.1. The lowest BCUT2D eigenvalue weighted by Gasteiger charge is -2.24. The Balaban J connectivity index is 1.47. The summed E-state index contributed by atoms with van der Waals surface area (Å²) in [6.07, 6.45) is 12.8. The molecule has 2 saturated carbocycles. The predicted octanol–water partition coefficient (Wildman–Crippen LogP) is 1.81. The first-order chi connectivity index (χ1) is 14.0. The third-order valence-corrected chi connectivity index (χ3v) is 5.76. The number of hydrogen-bond acceptors (Lipinski definition) is 4. The molecule has 164 valence electrons. The maximum Gasteiger partial charge on any atom is 0.238 e. The van der Waals surface area contributed by atoms with Gasteiger partial charge in [-0.05, 0) is 56.5 Å². The van der Waals surface area contributed by atoms with E-state index in [0.29, 0.717) is 28.7 Å². The summed E-state index contributed by atoms with van der Waals surface area (Å²) in [4.78, 5) is 23.7. The monoisotopic (exact) mass is 442 g/mol. The average molecular weight is 443 g/mol. The van der Waals surface area contributed by atoms with Crippen LogP contribution in [-0.2, 0) is 9.59 Å². The Hall–Kier alpha value is -1.68. The van der Waals surface area contributed by atoms with E-state index in [1.54, 1.807) is 0 Å². The molecule has 0 unspecified atom stereocenters. The minimum atomic E-state index is -0.201. The quantitative estimate of drug-likeness (QED) is 0.273. The van der Waals surface area contributed by atoms with Gasteiger partial charge in [0.25, 0.3) is 0 Å². The lowest BCUT2D eigenvalue weighted by atomic mass is 9.96. The van der Waals surface area contributed by atoms with Crippen LogP contribution in [0.2, 0.25) is 0 Å². The fourth-order valence-electron chi connectivity index (χ4n) is 3.72. The van der Waals surface area contributed by atoms with Crippen LogP contribution in [0, 0.1) is 0 Å². The van der Waals surface area contributed by atoms with Crippen LogP contribution < -0.4 is 32.3 Å². The van der Waals surface area contributed by atoms with E-state index in [2.05, 4.69) is 32.3 Å². The normalized spacial score (nSPS) is 17.7. The Bertz CT molecular complexity index is 515. The minimum Gasteiger partial charge on any atom is -0.359 e. The van der Waals surface area contributed by atoms with E-state index in [0.717, 1.165) is 25.7 Å². The Morgan fingerprint density at radius 1 is 0.621 bits per heavy atom. The molecular formula is C19H34N6O2S2. The highest BCUT2D eigenvalue weighted by molar-refractivity contribution is 7.80. The van der Waals surface area contributed by atoms with Crippen molar-refractivity contribution >= 4 is 46.5 Å². The number of hydrazine groups is 2. The SMILES string of the molecule is O=C(CCCC(=O)NNC(=S)NC1CCCCC1)NNC(=S)NC1CCCCC1. The molecule has 0 atom stereocenters. The number of hydrogen-bond donors (Lipinski definition) is 6. The molecule has 0 aromatic heterocycles. The van der Waals surface area contributed by atoms with Gasteiger partial charge in [0.2, 0.25) is 11.8 Å². The minimum absolute atomic E-state index is 0.201. The van der Waals surface area contributed by atoms with Crippen molar-refractivity contribution in [2.24, 2.45) is 0 Å². The van der Waals surface area contributed by atoms with E-state index in [4.69, 9.17) is 24.4 Å². The zero-order valence-corrected chi connectivity index (χ0v) is 18.6. The van der Waals surface area contributed by atoms with Crippen molar-refractivity contribution < 1.29 is 9.59 Å². The molecule has 0 bridgehead atoms. The van der Waals surface area contributed by atoms with Crippen LogP contribution in [0.5, 0.6) is 0 Å². The number of rotatable bonds is 6. The molecule has 6 N–H and O–H groups in total. The van der Waals surface area contributed by atoms with Gasteiger partial charge in [-0.2, -0.15) is 0 Å². The van der Waals surface area contributed by atoms with Crippen molar-refractivity contribution in [3.05, 3.63) is 0 Å². The van der Waals surface area contributed by atoms with Crippen molar-refractivity contribution in [3.8, 4) is 0 Å². The van der Waals surface area contributed by atoms with Crippen LogP contribution >= 0.6 is 24.4 Å². The van der Waals surface area contributed by atoms with Crippen LogP contribution in [0.25, 0.3) is 0 Å². The van der Waals surface area contributed by atoms with Crippen molar-refractivity contribution in [3.63, 3.8) is 0 Å². The van der Waals surface area contributed by atoms with Gasteiger partial charge in [0.1, 0.15) is 0 Å². The maximum atomic E-state index is 11.9. The molecule has 10 heteroatoms. The lowest BCUT2D eigenvalue weighted by Crippen LogP contribution is -2.50. The first-order valence-electron chi connectivity index (χ1n) is 10.7. The molecular weight excluding hydrogens is 408 g/mol. The number of amides is 2. The van der Waals surface area contributed by atoms with Gasteiger partial charge in [-0.25, -0.2) is 0 Å². The van der Waals surface area contributed by atoms with Crippen LogP contribution in [0.1, 0.15) is 83.5 Å². The van der Waals surface area contributed by atoms with E-state index < -0.39 is 0 Å². The number of carbonyl (C=O) groups excluding carboxylic acids is 2. The fourth-order valence-corrected chi connectivity index (χ4v) is 4.16. The van der Waals surface area contributed by atoms with Gasteiger partial charge < -0.3 is 10.6 Å². The first-order valence-corrected chi connectivity index (χ1v) is 11.6. The summed E-state index contributed by atoms with van der Waals surface area (Å²) in [5.74, 6) is -0.402. The molecule has 2 aliphatic carbocycles. The second-order valence-electron chi connectivity index (χ2n) is 7.82. The van der Waals surface area contributed by atoms with Gasteiger partial charge in [-0.15, -0.1) is 0 Å². The number of carbonyl (C=O) groups is 2.